The van der Waals surface area contributed by atoms with E-state index in [1.807, 2.05) is 60.7 Å². The van der Waals surface area contributed by atoms with E-state index in [0.717, 1.165) is 12.2 Å². The summed E-state index contributed by atoms with van der Waals surface area (Å²) in [6, 6.07) is 29.1. The first-order chi connectivity index (χ1) is 27.2. The molecule has 0 amide bonds. The van der Waals surface area contributed by atoms with Gasteiger partial charge in [0.15, 0.2) is 0 Å². The summed E-state index contributed by atoms with van der Waals surface area (Å²) in [6.07, 6.45) is 1.03. The molecular weight excluding hydrogens is 763 g/mol. The van der Waals surface area contributed by atoms with Crippen molar-refractivity contribution in [1.29, 1.82) is 0 Å². The van der Waals surface area contributed by atoms with Gasteiger partial charge in [0.05, 0.1) is 98.1 Å². The number of aromatic nitrogens is 4. The lowest BCUT2D eigenvalue weighted by molar-refractivity contribution is -0.213. The van der Waals surface area contributed by atoms with Crippen LogP contribution in [0.2, 0.25) is 10.0 Å². The molecule has 0 spiro atoms. The molecule has 16 heteroatoms. The van der Waals surface area contributed by atoms with Gasteiger partial charge in [-0.15, -0.1) is 10.1 Å². The summed E-state index contributed by atoms with van der Waals surface area (Å²) in [5, 5.41) is 3.89. The summed E-state index contributed by atoms with van der Waals surface area (Å²) < 4.78 is 18.4. The number of hydrogen-bond acceptors (Lipinski definition) is 10. The number of carbonyl (C=O) groups excluding carboxylic acids is 2. The first-order valence-electron chi connectivity index (χ1n) is 18.0. The number of morpholine rings is 2. The molecule has 4 heterocycles. The number of ether oxygens (including phenoxy) is 2. The fraction of sp³-hybridized carbons (Fsp3) is 0.250. The Morgan fingerprint density at radius 1 is 0.607 bits per heavy atom. The van der Waals surface area contributed by atoms with Crippen molar-refractivity contribution in [3.8, 4) is 11.4 Å². The Morgan fingerprint density at radius 3 is 1.43 bits per heavy atom. The summed E-state index contributed by atoms with van der Waals surface area (Å²) >= 11 is 12.6. The lowest BCUT2D eigenvalue weighted by Crippen LogP contribution is -2.46. The van der Waals surface area contributed by atoms with Crippen LogP contribution in [0.5, 0.6) is 0 Å². The Balaban J connectivity index is 0.871. The minimum atomic E-state index is -0.774. The van der Waals surface area contributed by atoms with Crippen molar-refractivity contribution in [2.45, 2.75) is 25.3 Å². The number of hydrogen-bond donors (Lipinski definition) is 0. The number of halogens is 2. The highest BCUT2D eigenvalue weighted by molar-refractivity contribution is 6.31. The number of hydroxylamine groups is 4. The fourth-order valence-corrected chi connectivity index (χ4v) is 7.43. The van der Waals surface area contributed by atoms with Gasteiger partial charge in [0.1, 0.15) is 0 Å². The fourth-order valence-electron chi connectivity index (χ4n) is 7.10. The Kier molecular flexibility index (Phi) is 10.9. The maximum Gasteiger partial charge on any atom is 0.349 e. The lowest BCUT2D eigenvalue weighted by atomic mass is 10.2. The second-order valence-electron chi connectivity index (χ2n) is 13.3. The molecule has 2 aliphatic heterocycles. The molecule has 0 aliphatic carbocycles. The average Bonchev–Trinajstić information content (AvgIpc) is 3.62. The van der Waals surface area contributed by atoms with Crippen molar-refractivity contribution >= 4 is 57.2 Å². The number of fused-ring (bicyclic) bond motifs is 2. The van der Waals surface area contributed by atoms with Crippen LogP contribution in [0.4, 0.5) is 0 Å². The van der Waals surface area contributed by atoms with Crippen LogP contribution < -0.4 is 11.4 Å². The van der Waals surface area contributed by atoms with Gasteiger partial charge in [0.2, 0.25) is 0 Å². The zero-order valence-electron chi connectivity index (χ0n) is 29.9. The van der Waals surface area contributed by atoms with Gasteiger partial charge in [-0.25, -0.2) is 19.2 Å². The van der Waals surface area contributed by atoms with E-state index >= 15 is 0 Å². The largest absolute Gasteiger partial charge is 0.373 e. The van der Waals surface area contributed by atoms with E-state index in [9.17, 15) is 19.2 Å². The number of rotatable bonds is 10. The summed E-state index contributed by atoms with van der Waals surface area (Å²) in [7, 11) is 0. The van der Waals surface area contributed by atoms with Gasteiger partial charge in [-0.05, 0) is 60.7 Å². The summed E-state index contributed by atoms with van der Waals surface area (Å²) in [5.41, 5.74) is 3.58. The van der Waals surface area contributed by atoms with Crippen molar-refractivity contribution in [3.05, 3.63) is 140 Å². The van der Waals surface area contributed by atoms with E-state index in [2.05, 4.69) is 0 Å². The molecule has 0 saturated carbocycles. The molecule has 0 radical (unpaired) electrons. The van der Waals surface area contributed by atoms with E-state index in [1.165, 1.54) is 10.1 Å². The van der Waals surface area contributed by atoms with Crippen LogP contribution in [0.15, 0.2) is 119 Å². The molecule has 2 aromatic heterocycles. The van der Waals surface area contributed by atoms with Crippen molar-refractivity contribution in [3.63, 3.8) is 0 Å². The van der Waals surface area contributed by atoms with Gasteiger partial charge in [0.25, 0.3) is 0 Å². The highest BCUT2D eigenvalue weighted by Gasteiger charge is 2.28. The van der Waals surface area contributed by atoms with Gasteiger partial charge < -0.3 is 19.1 Å². The predicted octanol–water partition coefficient (Wildman–Crippen LogP) is 4.78. The van der Waals surface area contributed by atoms with Gasteiger partial charge in [-0.3, -0.25) is 18.3 Å². The summed E-state index contributed by atoms with van der Waals surface area (Å²) in [6.45, 7) is 1.89. The Morgan fingerprint density at radius 2 is 1.02 bits per heavy atom. The first kappa shape index (κ1) is 37.4. The highest BCUT2D eigenvalue weighted by atomic mass is 35.5. The minimum Gasteiger partial charge on any atom is -0.373 e. The van der Waals surface area contributed by atoms with Crippen LogP contribution in [0.3, 0.4) is 0 Å². The molecular formula is C40H36Cl2N6O8. The van der Waals surface area contributed by atoms with Crippen LogP contribution in [-0.2, 0) is 41.8 Å². The van der Waals surface area contributed by atoms with E-state index in [4.69, 9.17) is 42.4 Å². The van der Waals surface area contributed by atoms with E-state index in [-0.39, 0.29) is 50.8 Å². The van der Waals surface area contributed by atoms with Crippen LogP contribution in [-0.4, -0.2) is 91.9 Å². The maximum absolute atomic E-state index is 13.7. The van der Waals surface area contributed by atoms with Gasteiger partial charge >= 0.3 is 23.3 Å². The molecule has 2 fully saturated rings. The van der Waals surface area contributed by atoms with Gasteiger partial charge in [-0.2, -0.15) is 0 Å². The van der Waals surface area contributed by atoms with Crippen molar-refractivity contribution in [2.24, 2.45) is 0 Å². The molecule has 14 nitrogen and oxygen atoms in total. The molecule has 2 aliphatic rings. The molecule has 4 aromatic carbocycles. The molecule has 0 N–H and O–H groups in total. The molecule has 288 valence electrons. The minimum absolute atomic E-state index is 0.192. The Bertz CT molecular complexity index is 2370. The number of carbonyl (C=O) groups is 2. The van der Waals surface area contributed by atoms with Crippen LogP contribution >= 0.6 is 23.2 Å². The number of para-hydroxylation sites is 2. The Labute approximate surface area is 329 Å². The zero-order valence-corrected chi connectivity index (χ0v) is 31.4. The third-order valence-electron chi connectivity index (χ3n) is 9.58. The molecule has 2 saturated heterocycles. The normalized spacial score (nSPS) is 18.2. The third-order valence-corrected chi connectivity index (χ3v) is 10.1. The van der Waals surface area contributed by atoms with Crippen molar-refractivity contribution in [2.75, 3.05) is 39.4 Å². The molecule has 6 aromatic rings. The molecule has 2 unspecified atom stereocenters. The second kappa shape index (κ2) is 16.3. The predicted molar refractivity (Wildman–Crippen MR) is 209 cm³/mol. The first-order valence-corrected chi connectivity index (χ1v) is 18.7. The van der Waals surface area contributed by atoms with Gasteiger partial charge in [0, 0.05) is 22.2 Å². The monoisotopic (exact) mass is 798 g/mol. The SMILES string of the molecule is O=C(/C=C\C(=O)ON1CCOC(Cn2c(=O)n(-c3ccccc3)c3cc(Cl)ccc32)C1)ON1CCOC(Cn2c(=O)n(-c3ccccc3)c3cc(Cl)ccc32)C1. The van der Waals surface area contributed by atoms with E-state index < -0.39 is 24.1 Å². The summed E-state index contributed by atoms with van der Waals surface area (Å²) in [5.74, 6) is -1.55. The molecule has 56 heavy (non-hydrogen) atoms. The quantitative estimate of drug-likeness (QED) is 0.179. The smallest absolute Gasteiger partial charge is 0.349 e. The molecule has 8 rings (SSSR count). The van der Waals surface area contributed by atoms with E-state index in [1.54, 1.807) is 54.7 Å². The maximum atomic E-state index is 13.7. The molecule has 2 atom stereocenters. The standard InChI is InChI=1S/C40H36Cl2N6O8/c41-27-11-13-33-35(21-27)47(29-7-3-1-4-8-29)39(51)45(33)25-31-23-43(17-19-53-31)55-37(49)15-16-38(50)56-44-18-20-54-32(24-44)26-46-34-14-12-28(42)22-36(34)48(40(46)52)30-9-5-2-6-10-30/h1-16,21-22,31-32H,17-20,23-26H2/b16-15-. The van der Waals surface area contributed by atoms with Crippen molar-refractivity contribution in [1.82, 2.24) is 28.4 Å². The zero-order chi connectivity index (χ0) is 38.8. The molecule has 0 bridgehead atoms. The highest BCUT2D eigenvalue weighted by Crippen LogP contribution is 2.24. The van der Waals surface area contributed by atoms with Crippen LogP contribution in [0.1, 0.15) is 0 Å². The van der Waals surface area contributed by atoms with Gasteiger partial charge in [-0.1, -0.05) is 59.6 Å². The lowest BCUT2D eigenvalue weighted by Gasteiger charge is -2.31. The summed E-state index contributed by atoms with van der Waals surface area (Å²) in [4.78, 5) is 63.9. The van der Waals surface area contributed by atoms with Crippen LogP contribution in [0, 0.1) is 0 Å². The number of benzene rings is 4. The van der Waals surface area contributed by atoms with Crippen molar-refractivity contribution < 1.29 is 28.7 Å². The van der Waals surface area contributed by atoms with E-state index in [0.29, 0.717) is 56.6 Å². The Hall–Kier alpha value is -5.48. The number of imidazole rings is 2. The number of nitrogens with zero attached hydrogens (tertiary/aromatic N) is 6. The average molecular weight is 800 g/mol. The topological polar surface area (TPSA) is 131 Å². The van der Waals surface area contributed by atoms with Crippen LogP contribution in [0.25, 0.3) is 33.4 Å². The second-order valence-corrected chi connectivity index (χ2v) is 14.2. The third kappa shape index (κ3) is 7.93.